The van der Waals surface area contributed by atoms with E-state index in [0.29, 0.717) is 27.3 Å². The van der Waals surface area contributed by atoms with Crippen LogP contribution in [0.4, 0.5) is 32.0 Å². The molecule has 6 rings (SSSR count). The molecule has 0 radical (unpaired) electrons. The van der Waals surface area contributed by atoms with Crippen molar-refractivity contribution in [2.75, 3.05) is 11.4 Å². The highest BCUT2D eigenvalue weighted by atomic mass is 32.2. The number of aromatic nitrogens is 2. The average molecular weight is 508 g/mol. The van der Waals surface area contributed by atoms with E-state index in [-0.39, 0.29) is 17.5 Å². The standard InChI is InChI=1S/C21H22F6N4O2S/c1-12-16(29-11-28-12)9-31-17-3-2-15(20(22,23)24)4-14(17)8-30(34(32,33)21(25,26)27)10-18(31)19-5-13(6-19)7-19/h2-4,11,13,18H,5-10H2,1H3,(H,28,29)/t13?,18-,19?/m1/s1. The van der Waals surface area contributed by atoms with Gasteiger partial charge in [0, 0.05) is 30.5 Å². The SMILES string of the molecule is Cc1[nH]cnc1CN1c2ccc(C(F)(F)F)cc2CN(S(=O)(=O)C(F)(F)F)C[C@@H]1C12CC(C1)C2. The maximum atomic E-state index is 13.5. The molecule has 1 aromatic heterocycles. The predicted molar refractivity (Wildman–Crippen MR) is 110 cm³/mol. The van der Waals surface area contributed by atoms with Crippen LogP contribution in [-0.4, -0.2) is 40.8 Å². The maximum absolute atomic E-state index is 13.5. The number of aromatic amines is 1. The minimum absolute atomic E-state index is 0.120. The monoisotopic (exact) mass is 508 g/mol. The van der Waals surface area contributed by atoms with Gasteiger partial charge in [-0.05, 0) is 61.3 Å². The average Bonchev–Trinajstić information content (AvgIpc) is 2.97. The highest BCUT2D eigenvalue weighted by Crippen LogP contribution is 2.67. The van der Waals surface area contributed by atoms with Crippen LogP contribution in [0.5, 0.6) is 0 Å². The number of hydrogen-bond donors (Lipinski definition) is 1. The minimum Gasteiger partial charge on any atom is -0.360 e. The molecule has 0 unspecified atom stereocenters. The Kier molecular flexibility index (Phi) is 5.08. The van der Waals surface area contributed by atoms with E-state index in [1.165, 1.54) is 12.4 Å². The van der Waals surface area contributed by atoms with Gasteiger partial charge in [-0.3, -0.25) is 0 Å². The number of benzene rings is 1. The highest BCUT2D eigenvalue weighted by Gasteiger charge is 2.63. The Morgan fingerprint density at radius 3 is 2.32 bits per heavy atom. The minimum atomic E-state index is -5.76. The number of halogens is 6. The first-order chi connectivity index (χ1) is 15.7. The first-order valence-corrected chi connectivity index (χ1v) is 12.2. The molecule has 4 aliphatic rings. The second-order valence-corrected chi connectivity index (χ2v) is 11.5. The van der Waals surface area contributed by atoms with Crippen molar-refractivity contribution in [2.24, 2.45) is 11.3 Å². The Hall–Kier alpha value is -2.28. The summed E-state index contributed by atoms with van der Waals surface area (Å²) in [4.78, 5) is 8.95. The second-order valence-electron chi connectivity index (χ2n) is 9.54. The molecule has 2 heterocycles. The third-order valence-corrected chi connectivity index (χ3v) is 9.04. The molecule has 3 aliphatic carbocycles. The van der Waals surface area contributed by atoms with Gasteiger partial charge in [-0.15, -0.1) is 0 Å². The van der Waals surface area contributed by atoms with Crippen molar-refractivity contribution >= 4 is 15.7 Å². The molecule has 13 heteroatoms. The zero-order chi connectivity index (χ0) is 24.7. The summed E-state index contributed by atoms with van der Waals surface area (Å²) < 4.78 is 106. The molecule has 1 aromatic carbocycles. The van der Waals surface area contributed by atoms with Crippen molar-refractivity contribution in [3.63, 3.8) is 0 Å². The van der Waals surface area contributed by atoms with Crippen molar-refractivity contribution in [2.45, 2.75) is 57.0 Å². The van der Waals surface area contributed by atoms with E-state index < -0.39 is 46.4 Å². The Morgan fingerprint density at radius 2 is 1.82 bits per heavy atom. The maximum Gasteiger partial charge on any atom is 0.511 e. The van der Waals surface area contributed by atoms with E-state index in [4.69, 9.17) is 0 Å². The molecule has 34 heavy (non-hydrogen) atoms. The van der Waals surface area contributed by atoms with Gasteiger partial charge in [0.05, 0.1) is 24.1 Å². The van der Waals surface area contributed by atoms with Gasteiger partial charge in [-0.25, -0.2) is 13.4 Å². The summed E-state index contributed by atoms with van der Waals surface area (Å²) in [5.74, 6) is 0.456. The fraction of sp³-hybridized carbons (Fsp3) is 0.571. The van der Waals surface area contributed by atoms with Gasteiger partial charge < -0.3 is 9.88 Å². The Bertz CT molecular complexity index is 1210. The molecule has 3 fully saturated rings. The van der Waals surface area contributed by atoms with Gasteiger partial charge >= 0.3 is 21.7 Å². The van der Waals surface area contributed by atoms with E-state index in [1.54, 1.807) is 11.8 Å². The summed E-state index contributed by atoms with van der Waals surface area (Å²) in [5, 5.41) is 0. The topological polar surface area (TPSA) is 69.3 Å². The summed E-state index contributed by atoms with van der Waals surface area (Å²) in [6.45, 7) is 0.635. The second kappa shape index (κ2) is 7.36. The quantitative estimate of drug-likeness (QED) is 0.615. The number of anilines is 1. The highest BCUT2D eigenvalue weighted by molar-refractivity contribution is 7.89. The zero-order valence-electron chi connectivity index (χ0n) is 18.0. The van der Waals surface area contributed by atoms with Crippen molar-refractivity contribution in [1.29, 1.82) is 0 Å². The lowest BCUT2D eigenvalue weighted by molar-refractivity contribution is -0.137. The number of H-pyrrole nitrogens is 1. The van der Waals surface area contributed by atoms with Crippen LogP contribution >= 0.6 is 0 Å². The normalized spacial score (nSPS) is 27.6. The van der Waals surface area contributed by atoms with Crippen molar-refractivity contribution in [3.05, 3.63) is 47.0 Å². The molecule has 186 valence electrons. The first kappa shape index (κ1) is 23.5. The van der Waals surface area contributed by atoms with Crippen LogP contribution in [0, 0.1) is 18.3 Å². The van der Waals surface area contributed by atoms with Gasteiger partial charge in [0.1, 0.15) is 0 Å². The largest absolute Gasteiger partial charge is 0.511 e. The fourth-order valence-corrected chi connectivity index (χ4v) is 6.53. The number of rotatable bonds is 4. The Balaban J connectivity index is 1.66. The van der Waals surface area contributed by atoms with E-state index in [2.05, 4.69) is 9.97 Å². The summed E-state index contributed by atoms with van der Waals surface area (Å²) in [6.07, 6.45) is -1.00. The van der Waals surface area contributed by atoms with Crippen molar-refractivity contribution in [3.8, 4) is 0 Å². The summed E-state index contributed by atoms with van der Waals surface area (Å²) in [7, 11) is -5.76. The molecule has 0 amide bonds. The number of fused-ring (bicyclic) bond motifs is 1. The summed E-state index contributed by atoms with van der Waals surface area (Å²) >= 11 is 0. The van der Waals surface area contributed by atoms with Gasteiger partial charge in [-0.1, -0.05) is 0 Å². The number of nitrogens with zero attached hydrogens (tertiary/aromatic N) is 3. The molecule has 1 aliphatic heterocycles. The number of nitrogens with one attached hydrogen (secondary N) is 1. The molecule has 0 spiro atoms. The fourth-order valence-electron chi connectivity index (χ4n) is 5.59. The van der Waals surface area contributed by atoms with Crippen molar-refractivity contribution < 1.29 is 34.8 Å². The molecule has 6 nitrogen and oxygen atoms in total. The van der Waals surface area contributed by atoms with E-state index in [1.807, 2.05) is 0 Å². The lowest BCUT2D eigenvalue weighted by atomic mass is 9.41. The van der Waals surface area contributed by atoms with Crippen LogP contribution in [0.1, 0.15) is 41.8 Å². The van der Waals surface area contributed by atoms with E-state index in [9.17, 15) is 34.8 Å². The third-order valence-electron chi connectivity index (χ3n) is 7.50. The molecule has 2 bridgehead atoms. The van der Waals surface area contributed by atoms with E-state index in [0.717, 1.165) is 31.4 Å². The number of imidazole rings is 1. The van der Waals surface area contributed by atoms with Crippen LogP contribution in [0.25, 0.3) is 0 Å². The van der Waals surface area contributed by atoms with Crippen LogP contribution in [0.2, 0.25) is 0 Å². The lowest BCUT2D eigenvalue weighted by Gasteiger charge is -2.67. The predicted octanol–water partition coefficient (Wildman–Crippen LogP) is 4.58. The molecule has 1 N–H and O–H groups in total. The third kappa shape index (κ3) is 3.58. The summed E-state index contributed by atoms with van der Waals surface area (Å²) in [5.41, 5.74) is -5.50. The molecule has 3 saturated carbocycles. The van der Waals surface area contributed by atoms with Crippen LogP contribution < -0.4 is 4.90 Å². The first-order valence-electron chi connectivity index (χ1n) is 10.7. The number of sulfonamides is 1. The van der Waals surface area contributed by atoms with Gasteiger partial charge in [0.15, 0.2) is 0 Å². The zero-order valence-corrected chi connectivity index (χ0v) is 18.9. The van der Waals surface area contributed by atoms with Crippen molar-refractivity contribution in [1.82, 2.24) is 14.3 Å². The molecule has 1 atom stereocenters. The molecule has 2 aromatic rings. The smallest absolute Gasteiger partial charge is 0.360 e. The molecule has 0 saturated heterocycles. The number of hydrogen-bond acceptors (Lipinski definition) is 4. The van der Waals surface area contributed by atoms with Crippen LogP contribution in [0.3, 0.4) is 0 Å². The van der Waals surface area contributed by atoms with Gasteiger partial charge in [-0.2, -0.15) is 30.6 Å². The Morgan fingerprint density at radius 1 is 1.15 bits per heavy atom. The van der Waals surface area contributed by atoms with Gasteiger partial charge in [0.25, 0.3) is 0 Å². The number of aryl methyl sites for hydroxylation is 1. The number of alkyl halides is 6. The van der Waals surface area contributed by atoms with Crippen LogP contribution in [-0.2, 0) is 29.3 Å². The van der Waals surface area contributed by atoms with E-state index >= 15 is 0 Å². The Labute approximate surface area is 192 Å². The summed E-state index contributed by atoms with van der Waals surface area (Å²) in [6, 6.07) is 2.24. The lowest BCUT2D eigenvalue weighted by Crippen LogP contribution is -2.66. The molecular weight excluding hydrogens is 486 g/mol. The van der Waals surface area contributed by atoms with Crippen LogP contribution in [0.15, 0.2) is 24.5 Å². The van der Waals surface area contributed by atoms with Gasteiger partial charge in [0.2, 0.25) is 0 Å². The molecular formula is C21H22F6N4O2S.